The fourth-order valence-corrected chi connectivity index (χ4v) is 2.07. The molecule has 2 N–H and O–H groups in total. The van der Waals surface area contributed by atoms with E-state index >= 15 is 0 Å². The molecule has 102 valence electrons. The average Bonchev–Trinajstić information content (AvgIpc) is 2.93. The van der Waals surface area contributed by atoms with Gasteiger partial charge in [0.2, 0.25) is 0 Å². The van der Waals surface area contributed by atoms with E-state index in [4.69, 9.17) is 4.42 Å². The summed E-state index contributed by atoms with van der Waals surface area (Å²) in [5.41, 5.74) is 2.17. The van der Waals surface area contributed by atoms with Gasteiger partial charge in [-0.15, -0.1) is 0 Å². The Bertz CT molecular complexity index is 448. The molecule has 0 aliphatic heterocycles. The smallest absolute Gasteiger partial charge is 0.329 e. The van der Waals surface area contributed by atoms with Crippen molar-refractivity contribution in [1.82, 2.24) is 10.7 Å². The van der Waals surface area contributed by atoms with Gasteiger partial charge < -0.3 is 9.73 Å². The molecule has 6 heteroatoms. The molecule has 0 atom stereocenters. The first-order chi connectivity index (χ1) is 9.25. The van der Waals surface area contributed by atoms with Crippen molar-refractivity contribution in [3.05, 3.63) is 24.2 Å². The Balaban J connectivity index is 1.74. The molecule has 0 aromatic carbocycles. The van der Waals surface area contributed by atoms with Crippen molar-refractivity contribution in [3.8, 4) is 0 Å². The largest absolute Gasteiger partial charge is 0.463 e. The molecule has 0 unspecified atom stereocenters. The minimum absolute atomic E-state index is 0.112. The number of hydrogen-bond donors (Lipinski definition) is 2. The molecule has 1 aromatic heterocycles. The molecule has 19 heavy (non-hydrogen) atoms. The third-order valence-corrected chi connectivity index (χ3v) is 3.05. The minimum Gasteiger partial charge on any atom is -0.463 e. The van der Waals surface area contributed by atoms with Gasteiger partial charge in [-0.3, -0.25) is 9.59 Å². The van der Waals surface area contributed by atoms with Gasteiger partial charge in [0, 0.05) is 6.04 Å². The van der Waals surface area contributed by atoms with Gasteiger partial charge in [0.05, 0.1) is 12.5 Å². The first kappa shape index (κ1) is 13.3. The van der Waals surface area contributed by atoms with Crippen LogP contribution in [-0.4, -0.2) is 24.1 Å². The summed E-state index contributed by atoms with van der Waals surface area (Å²) in [6.07, 6.45) is 8.12. The van der Waals surface area contributed by atoms with Gasteiger partial charge in [-0.25, -0.2) is 5.43 Å². The van der Waals surface area contributed by atoms with E-state index in [2.05, 4.69) is 15.8 Å². The zero-order valence-corrected chi connectivity index (χ0v) is 10.6. The van der Waals surface area contributed by atoms with Crippen LogP contribution in [0.1, 0.15) is 37.9 Å². The second-order valence-corrected chi connectivity index (χ2v) is 4.52. The molecule has 1 aliphatic carbocycles. The van der Waals surface area contributed by atoms with E-state index < -0.39 is 11.8 Å². The van der Waals surface area contributed by atoms with Gasteiger partial charge in [-0.05, 0) is 25.0 Å². The number of hydrogen-bond acceptors (Lipinski definition) is 4. The molecule has 1 heterocycles. The molecule has 0 bridgehead atoms. The predicted octanol–water partition coefficient (Wildman–Crippen LogP) is 1.18. The van der Waals surface area contributed by atoms with Crippen LogP contribution in [0.2, 0.25) is 0 Å². The molecule has 1 fully saturated rings. The second kappa shape index (κ2) is 6.72. The third kappa shape index (κ3) is 4.24. The first-order valence-corrected chi connectivity index (χ1v) is 6.43. The van der Waals surface area contributed by atoms with Gasteiger partial charge in [0.25, 0.3) is 0 Å². The highest BCUT2D eigenvalue weighted by Gasteiger charge is 2.19. The molecule has 0 spiro atoms. The van der Waals surface area contributed by atoms with E-state index in [1.54, 1.807) is 12.1 Å². The number of rotatable bonds is 3. The fourth-order valence-electron chi connectivity index (χ4n) is 2.07. The maximum atomic E-state index is 11.6. The Morgan fingerprint density at radius 2 is 2.05 bits per heavy atom. The Morgan fingerprint density at radius 1 is 1.26 bits per heavy atom. The minimum atomic E-state index is -0.756. The molecular formula is C13H17N3O3. The highest BCUT2D eigenvalue weighted by Crippen LogP contribution is 2.17. The Labute approximate surface area is 111 Å². The third-order valence-electron chi connectivity index (χ3n) is 3.05. The summed E-state index contributed by atoms with van der Waals surface area (Å²) < 4.78 is 5.00. The van der Waals surface area contributed by atoms with Crippen LogP contribution in [0.15, 0.2) is 27.9 Å². The van der Waals surface area contributed by atoms with Crippen molar-refractivity contribution in [3.63, 3.8) is 0 Å². The summed E-state index contributed by atoms with van der Waals surface area (Å²) in [4.78, 5) is 23.1. The van der Waals surface area contributed by atoms with Gasteiger partial charge >= 0.3 is 11.8 Å². The summed E-state index contributed by atoms with van der Waals surface area (Å²) in [6, 6.07) is 3.51. The molecule has 1 aromatic rings. The summed E-state index contributed by atoms with van der Waals surface area (Å²) in [7, 11) is 0. The van der Waals surface area contributed by atoms with Gasteiger partial charge in [-0.1, -0.05) is 19.3 Å². The van der Waals surface area contributed by atoms with Gasteiger partial charge in [0.15, 0.2) is 0 Å². The number of hydrazone groups is 1. The first-order valence-electron chi connectivity index (χ1n) is 6.43. The summed E-state index contributed by atoms with van der Waals surface area (Å²) in [6.45, 7) is 0. The van der Waals surface area contributed by atoms with E-state index in [1.807, 2.05) is 0 Å². The normalized spacial score (nSPS) is 16.4. The van der Waals surface area contributed by atoms with Crippen LogP contribution in [0.5, 0.6) is 0 Å². The molecule has 2 rings (SSSR count). The number of carbonyl (C=O) groups is 2. The van der Waals surface area contributed by atoms with Crippen LogP contribution in [0.25, 0.3) is 0 Å². The number of carbonyl (C=O) groups excluding carboxylic acids is 2. The maximum absolute atomic E-state index is 11.6. The lowest BCUT2D eigenvalue weighted by atomic mass is 9.95. The number of nitrogens with zero attached hydrogens (tertiary/aromatic N) is 1. The Kier molecular flexibility index (Phi) is 4.72. The van der Waals surface area contributed by atoms with Crippen LogP contribution in [0, 0.1) is 0 Å². The maximum Gasteiger partial charge on any atom is 0.329 e. The van der Waals surface area contributed by atoms with Gasteiger partial charge in [0.1, 0.15) is 5.76 Å². The fraction of sp³-hybridized carbons (Fsp3) is 0.462. The molecule has 2 amide bonds. The molecule has 0 radical (unpaired) electrons. The van der Waals surface area contributed by atoms with Crippen LogP contribution in [-0.2, 0) is 9.59 Å². The monoisotopic (exact) mass is 263 g/mol. The van der Waals surface area contributed by atoms with Crippen molar-refractivity contribution in [1.29, 1.82) is 0 Å². The highest BCUT2D eigenvalue weighted by molar-refractivity contribution is 6.35. The average molecular weight is 263 g/mol. The van der Waals surface area contributed by atoms with Gasteiger partial charge in [-0.2, -0.15) is 5.10 Å². The molecule has 1 aliphatic rings. The van der Waals surface area contributed by atoms with Crippen LogP contribution in [0.4, 0.5) is 0 Å². The summed E-state index contributed by atoms with van der Waals surface area (Å²) in [5, 5.41) is 6.36. The van der Waals surface area contributed by atoms with Crippen molar-refractivity contribution in [2.75, 3.05) is 0 Å². The van der Waals surface area contributed by atoms with Crippen LogP contribution < -0.4 is 10.7 Å². The number of amides is 2. The second-order valence-electron chi connectivity index (χ2n) is 4.52. The zero-order valence-electron chi connectivity index (χ0n) is 10.6. The lowest BCUT2D eigenvalue weighted by Crippen LogP contribution is -2.44. The molecule has 1 saturated carbocycles. The van der Waals surface area contributed by atoms with Crippen molar-refractivity contribution < 1.29 is 14.0 Å². The molecular weight excluding hydrogens is 246 g/mol. The Morgan fingerprint density at radius 3 is 2.74 bits per heavy atom. The van der Waals surface area contributed by atoms with E-state index in [9.17, 15) is 9.59 Å². The van der Waals surface area contributed by atoms with E-state index in [-0.39, 0.29) is 6.04 Å². The lowest BCUT2D eigenvalue weighted by molar-refractivity contribution is -0.139. The van der Waals surface area contributed by atoms with E-state index in [0.29, 0.717) is 5.76 Å². The van der Waals surface area contributed by atoms with Crippen LogP contribution in [0.3, 0.4) is 0 Å². The van der Waals surface area contributed by atoms with E-state index in [1.165, 1.54) is 18.9 Å². The molecule has 6 nitrogen and oxygen atoms in total. The Hall–Kier alpha value is -2.11. The number of nitrogens with one attached hydrogen (secondary N) is 2. The number of furan rings is 1. The van der Waals surface area contributed by atoms with E-state index in [0.717, 1.165) is 25.7 Å². The highest BCUT2D eigenvalue weighted by atomic mass is 16.3. The zero-order chi connectivity index (χ0) is 13.5. The quantitative estimate of drug-likeness (QED) is 0.488. The van der Waals surface area contributed by atoms with Crippen molar-refractivity contribution in [2.45, 2.75) is 38.1 Å². The van der Waals surface area contributed by atoms with Crippen molar-refractivity contribution in [2.24, 2.45) is 5.10 Å². The summed E-state index contributed by atoms with van der Waals surface area (Å²) in [5.74, 6) is -0.884. The standard InChI is InChI=1S/C13H17N3O3/c17-12(15-10-5-2-1-3-6-10)13(18)16-14-9-11-7-4-8-19-11/h4,7-10H,1-3,5-6H2,(H,15,17)(H,16,18)/b14-9-. The summed E-state index contributed by atoms with van der Waals surface area (Å²) >= 11 is 0. The molecule has 0 saturated heterocycles. The predicted molar refractivity (Wildman–Crippen MR) is 69.5 cm³/mol. The van der Waals surface area contributed by atoms with Crippen molar-refractivity contribution >= 4 is 18.0 Å². The SMILES string of the molecule is O=C(N/N=C\c1ccco1)C(=O)NC1CCCCC1. The lowest BCUT2D eigenvalue weighted by Gasteiger charge is -2.22. The topological polar surface area (TPSA) is 83.7 Å². The van der Waals surface area contributed by atoms with Crippen LogP contribution >= 0.6 is 0 Å².